The lowest BCUT2D eigenvalue weighted by Gasteiger charge is -2.14. The molecule has 110 valence electrons. The van der Waals surface area contributed by atoms with Crippen LogP contribution >= 0.6 is 7.60 Å². The van der Waals surface area contributed by atoms with E-state index >= 15 is 0 Å². The number of nitro benzene ring substituents is 1. The summed E-state index contributed by atoms with van der Waals surface area (Å²) in [6.45, 7) is 5.79. The number of hydrogen-bond acceptors (Lipinski definition) is 5. The summed E-state index contributed by atoms with van der Waals surface area (Å²) in [4.78, 5) is 10.1. The van der Waals surface area contributed by atoms with E-state index in [4.69, 9.17) is 9.05 Å². The van der Waals surface area contributed by atoms with Crippen LogP contribution in [0.15, 0.2) is 30.1 Å². The first-order valence-corrected chi connectivity index (χ1v) is 7.86. The van der Waals surface area contributed by atoms with Crippen LogP contribution in [0.1, 0.15) is 26.3 Å². The van der Waals surface area contributed by atoms with Gasteiger partial charge in [0.2, 0.25) is 0 Å². The Kier molecular flexibility index (Phi) is 6.07. The fraction of sp³-hybridized carbons (Fsp3) is 0.385. The van der Waals surface area contributed by atoms with Crippen molar-refractivity contribution in [3.63, 3.8) is 0 Å². The number of nitrogens with zero attached hydrogens (tertiary/aromatic N) is 1. The van der Waals surface area contributed by atoms with E-state index in [2.05, 4.69) is 0 Å². The van der Waals surface area contributed by atoms with Crippen LogP contribution in [0.2, 0.25) is 0 Å². The zero-order valence-corrected chi connectivity index (χ0v) is 12.6. The van der Waals surface area contributed by atoms with Crippen molar-refractivity contribution >= 4 is 18.9 Å². The van der Waals surface area contributed by atoms with E-state index in [1.807, 2.05) is 0 Å². The highest BCUT2D eigenvalue weighted by Crippen LogP contribution is 2.51. The van der Waals surface area contributed by atoms with Gasteiger partial charge in [-0.2, -0.15) is 0 Å². The molecule has 0 unspecified atom stereocenters. The second kappa shape index (κ2) is 7.33. The molecular weight excluding hydrogens is 281 g/mol. The van der Waals surface area contributed by atoms with E-state index in [-0.39, 0.29) is 18.9 Å². The van der Waals surface area contributed by atoms with Gasteiger partial charge in [0.1, 0.15) is 0 Å². The van der Waals surface area contributed by atoms with Crippen LogP contribution < -0.4 is 0 Å². The molecule has 0 amide bonds. The SMILES string of the molecule is CCOP(=O)(/C=C(\C)c1ccc([N+](=O)[O-])cc1)OCC. The molecule has 0 saturated carbocycles. The van der Waals surface area contributed by atoms with Gasteiger partial charge in [0.05, 0.1) is 18.1 Å². The molecule has 1 rings (SSSR count). The summed E-state index contributed by atoms with van der Waals surface area (Å²) in [5.41, 5.74) is 1.43. The van der Waals surface area contributed by atoms with Crippen molar-refractivity contribution in [1.82, 2.24) is 0 Å². The molecule has 0 bridgehead atoms. The van der Waals surface area contributed by atoms with E-state index in [0.717, 1.165) is 5.56 Å². The minimum Gasteiger partial charge on any atom is -0.306 e. The molecule has 1 aromatic rings. The molecule has 0 radical (unpaired) electrons. The summed E-state index contributed by atoms with van der Waals surface area (Å²) >= 11 is 0. The molecule has 0 aliphatic rings. The summed E-state index contributed by atoms with van der Waals surface area (Å²) in [7, 11) is -3.27. The Morgan fingerprint density at radius 1 is 1.25 bits per heavy atom. The van der Waals surface area contributed by atoms with E-state index in [9.17, 15) is 14.7 Å². The van der Waals surface area contributed by atoms with Crippen LogP contribution in [0.25, 0.3) is 5.57 Å². The van der Waals surface area contributed by atoms with Crippen LogP contribution in [0, 0.1) is 10.1 Å². The predicted molar refractivity (Wildman–Crippen MR) is 77.6 cm³/mol. The summed E-state index contributed by atoms with van der Waals surface area (Å²) in [6, 6.07) is 6.01. The monoisotopic (exact) mass is 299 g/mol. The highest BCUT2D eigenvalue weighted by atomic mass is 31.2. The second-order valence-corrected chi connectivity index (χ2v) is 5.85. The van der Waals surface area contributed by atoms with Crippen molar-refractivity contribution in [2.75, 3.05) is 13.2 Å². The molecule has 0 N–H and O–H groups in total. The smallest absolute Gasteiger partial charge is 0.306 e. The number of benzene rings is 1. The average molecular weight is 299 g/mol. The molecule has 7 heteroatoms. The van der Waals surface area contributed by atoms with Crippen molar-refractivity contribution in [3.05, 3.63) is 45.8 Å². The number of non-ortho nitro benzene ring substituents is 1. The zero-order chi connectivity index (χ0) is 15.2. The summed E-state index contributed by atoms with van der Waals surface area (Å²) < 4.78 is 22.7. The van der Waals surface area contributed by atoms with Gasteiger partial charge in [0.25, 0.3) is 5.69 Å². The van der Waals surface area contributed by atoms with E-state index in [1.165, 1.54) is 17.9 Å². The largest absolute Gasteiger partial charge is 0.354 e. The molecule has 0 atom stereocenters. The zero-order valence-electron chi connectivity index (χ0n) is 11.7. The summed E-state index contributed by atoms with van der Waals surface area (Å²) in [6.07, 6.45) is 0. The van der Waals surface area contributed by atoms with Crippen molar-refractivity contribution < 1.29 is 18.5 Å². The van der Waals surface area contributed by atoms with Gasteiger partial charge in [-0.3, -0.25) is 14.7 Å². The number of allylic oxidation sites excluding steroid dienone is 1. The Labute approximate surface area is 118 Å². The Bertz CT molecular complexity index is 528. The third-order valence-corrected chi connectivity index (χ3v) is 4.44. The molecule has 0 aromatic heterocycles. The van der Waals surface area contributed by atoms with Gasteiger partial charge in [-0.15, -0.1) is 0 Å². The van der Waals surface area contributed by atoms with Gasteiger partial charge in [0.15, 0.2) is 0 Å². The van der Waals surface area contributed by atoms with E-state index in [0.29, 0.717) is 5.57 Å². The number of hydrogen-bond donors (Lipinski definition) is 0. The Balaban J connectivity index is 3.02. The summed E-state index contributed by atoms with van der Waals surface area (Å²) in [5, 5.41) is 10.6. The lowest BCUT2D eigenvalue weighted by molar-refractivity contribution is -0.384. The minimum atomic E-state index is -3.27. The van der Waals surface area contributed by atoms with Gasteiger partial charge >= 0.3 is 7.60 Å². The molecule has 0 fully saturated rings. The topological polar surface area (TPSA) is 78.7 Å². The molecular formula is C13H18NO5P. The van der Waals surface area contributed by atoms with Gasteiger partial charge in [-0.05, 0) is 44.0 Å². The average Bonchev–Trinajstić information content (AvgIpc) is 2.39. The first kappa shape index (κ1) is 16.6. The molecule has 0 heterocycles. The fourth-order valence-corrected chi connectivity index (χ4v) is 3.20. The van der Waals surface area contributed by atoms with Crippen LogP contribution in [-0.2, 0) is 13.6 Å². The van der Waals surface area contributed by atoms with E-state index in [1.54, 1.807) is 32.9 Å². The van der Waals surface area contributed by atoms with E-state index < -0.39 is 12.5 Å². The molecule has 0 saturated heterocycles. The molecule has 0 aliphatic carbocycles. The number of nitro groups is 1. The van der Waals surface area contributed by atoms with Crippen molar-refractivity contribution in [1.29, 1.82) is 0 Å². The quantitative estimate of drug-likeness (QED) is 0.428. The molecule has 6 nitrogen and oxygen atoms in total. The maximum atomic E-state index is 12.3. The first-order valence-electron chi connectivity index (χ1n) is 6.25. The predicted octanol–water partition coefficient (Wildman–Crippen LogP) is 4.22. The first-order chi connectivity index (χ1) is 9.41. The van der Waals surface area contributed by atoms with Crippen LogP contribution in [0.4, 0.5) is 5.69 Å². The highest BCUT2D eigenvalue weighted by molar-refractivity contribution is 7.57. The van der Waals surface area contributed by atoms with Crippen molar-refractivity contribution in [2.24, 2.45) is 0 Å². The Morgan fingerprint density at radius 2 is 1.75 bits per heavy atom. The van der Waals surface area contributed by atoms with Crippen LogP contribution in [0.5, 0.6) is 0 Å². The maximum Gasteiger partial charge on any atom is 0.354 e. The minimum absolute atomic E-state index is 0.0133. The third-order valence-electron chi connectivity index (χ3n) is 2.50. The van der Waals surface area contributed by atoms with Crippen LogP contribution in [-0.4, -0.2) is 18.1 Å². The standard InChI is InChI=1S/C13H18NO5P/c1-4-18-20(17,19-5-2)10-11(3)12-6-8-13(9-7-12)14(15)16/h6-10H,4-5H2,1-3H3/b11-10+. The Hall–Kier alpha value is -1.49. The maximum absolute atomic E-state index is 12.3. The molecule has 0 aliphatic heterocycles. The number of rotatable bonds is 7. The molecule has 0 spiro atoms. The molecule has 20 heavy (non-hydrogen) atoms. The summed E-state index contributed by atoms with van der Waals surface area (Å²) in [5.74, 6) is 1.45. The molecule has 1 aromatic carbocycles. The highest BCUT2D eigenvalue weighted by Gasteiger charge is 2.20. The van der Waals surface area contributed by atoms with Gasteiger partial charge in [-0.1, -0.05) is 0 Å². The lowest BCUT2D eigenvalue weighted by atomic mass is 10.1. The Morgan fingerprint density at radius 3 is 2.15 bits per heavy atom. The van der Waals surface area contributed by atoms with Gasteiger partial charge < -0.3 is 9.05 Å². The van der Waals surface area contributed by atoms with Crippen molar-refractivity contribution in [2.45, 2.75) is 20.8 Å². The van der Waals surface area contributed by atoms with Crippen LogP contribution in [0.3, 0.4) is 0 Å². The normalized spacial score (nSPS) is 12.4. The fourth-order valence-electron chi connectivity index (χ4n) is 1.63. The third kappa shape index (κ3) is 4.56. The lowest BCUT2D eigenvalue weighted by Crippen LogP contribution is -1.94. The van der Waals surface area contributed by atoms with Gasteiger partial charge in [0, 0.05) is 17.9 Å². The van der Waals surface area contributed by atoms with Crippen molar-refractivity contribution in [3.8, 4) is 0 Å². The van der Waals surface area contributed by atoms with Gasteiger partial charge in [-0.25, -0.2) is 0 Å². The second-order valence-electron chi connectivity index (χ2n) is 3.99.